The number of rotatable bonds is 7. The maximum absolute atomic E-state index is 12.2. The van der Waals surface area contributed by atoms with Crippen molar-refractivity contribution in [1.29, 1.82) is 0 Å². The van der Waals surface area contributed by atoms with E-state index >= 15 is 0 Å². The molecular weight excluding hydrogens is 412 g/mol. The summed E-state index contributed by atoms with van der Waals surface area (Å²) >= 11 is 5.79. The minimum absolute atomic E-state index is 0.112. The Kier molecular flexibility index (Phi) is 6.18. The van der Waals surface area contributed by atoms with E-state index in [-0.39, 0.29) is 17.4 Å². The van der Waals surface area contributed by atoms with E-state index in [0.29, 0.717) is 21.8 Å². The third-order valence-corrected chi connectivity index (χ3v) is 4.19. The highest BCUT2D eigenvalue weighted by Crippen LogP contribution is 2.31. The second kappa shape index (κ2) is 8.97. The molecule has 0 radical (unpaired) electrons. The molecule has 0 atom stereocenters. The molecule has 0 aliphatic rings. The maximum atomic E-state index is 12.2. The molecule has 152 valence electrons. The van der Waals surface area contributed by atoms with Crippen LogP contribution in [0.3, 0.4) is 0 Å². The Bertz CT molecular complexity index is 1120. The van der Waals surface area contributed by atoms with Crippen LogP contribution in [0.4, 0.5) is 23.0 Å². The summed E-state index contributed by atoms with van der Waals surface area (Å²) in [5, 5.41) is 14.9. The van der Waals surface area contributed by atoms with Crippen LogP contribution in [0.5, 0.6) is 0 Å². The Morgan fingerprint density at radius 2 is 1.73 bits per heavy atom. The Morgan fingerprint density at radius 1 is 1.03 bits per heavy atom. The van der Waals surface area contributed by atoms with Crippen molar-refractivity contribution in [3.05, 3.63) is 81.1 Å². The SMILES string of the molecule is CC(=O)c1cccc(Nc2ncnc(NNC(=O)c3ccc(Cl)cc3)c2[N+](=O)[O-])c1. The highest BCUT2D eigenvalue weighted by molar-refractivity contribution is 6.30. The van der Waals surface area contributed by atoms with Crippen LogP contribution in [-0.4, -0.2) is 26.6 Å². The number of nitrogens with one attached hydrogen (secondary N) is 3. The lowest BCUT2D eigenvalue weighted by atomic mass is 10.1. The summed E-state index contributed by atoms with van der Waals surface area (Å²) in [7, 11) is 0. The predicted octanol–water partition coefficient (Wildman–Crippen LogP) is 3.74. The van der Waals surface area contributed by atoms with Gasteiger partial charge in [0.25, 0.3) is 5.91 Å². The van der Waals surface area contributed by atoms with Crippen LogP contribution in [-0.2, 0) is 0 Å². The van der Waals surface area contributed by atoms with Crippen LogP contribution in [0, 0.1) is 10.1 Å². The van der Waals surface area contributed by atoms with Crippen molar-refractivity contribution in [3.8, 4) is 0 Å². The number of hydrogen-bond acceptors (Lipinski definition) is 8. The molecule has 0 saturated heterocycles. The molecule has 11 heteroatoms. The standard InChI is InChI=1S/C19H15ClN6O4/c1-11(27)13-3-2-4-15(9-13)23-17-16(26(29)30)18(22-10-21-17)24-25-19(28)12-5-7-14(20)8-6-12/h2-10H,1H3,(H,25,28)(H2,21,22,23,24). The van der Waals surface area contributed by atoms with E-state index in [1.165, 1.54) is 19.1 Å². The number of Topliss-reactive ketones (excluding diaryl/α,β-unsaturated/α-hetero) is 1. The fourth-order valence-electron chi connectivity index (χ4n) is 2.48. The van der Waals surface area contributed by atoms with E-state index in [9.17, 15) is 19.7 Å². The molecule has 3 aromatic rings. The number of hydrazine groups is 1. The van der Waals surface area contributed by atoms with E-state index in [0.717, 1.165) is 6.33 Å². The lowest BCUT2D eigenvalue weighted by Crippen LogP contribution is -2.30. The number of amides is 1. The van der Waals surface area contributed by atoms with E-state index in [2.05, 4.69) is 26.1 Å². The third kappa shape index (κ3) is 4.86. The molecule has 1 heterocycles. The predicted molar refractivity (Wildman–Crippen MR) is 111 cm³/mol. The quantitative estimate of drug-likeness (QED) is 0.295. The van der Waals surface area contributed by atoms with Gasteiger partial charge in [0.05, 0.1) is 4.92 Å². The number of benzene rings is 2. The molecule has 10 nitrogen and oxygen atoms in total. The van der Waals surface area contributed by atoms with Gasteiger partial charge in [0.15, 0.2) is 5.78 Å². The maximum Gasteiger partial charge on any atom is 0.355 e. The number of nitrogens with zero attached hydrogens (tertiary/aromatic N) is 3. The molecule has 3 N–H and O–H groups in total. The van der Waals surface area contributed by atoms with E-state index in [1.54, 1.807) is 36.4 Å². The van der Waals surface area contributed by atoms with Crippen molar-refractivity contribution in [2.75, 3.05) is 10.7 Å². The molecule has 0 bridgehead atoms. The topological polar surface area (TPSA) is 139 Å². The van der Waals surface area contributed by atoms with Gasteiger partial charge in [-0.25, -0.2) is 9.97 Å². The first-order valence-corrected chi connectivity index (χ1v) is 8.92. The van der Waals surface area contributed by atoms with Gasteiger partial charge in [-0.1, -0.05) is 23.7 Å². The summed E-state index contributed by atoms with van der Waals surface area (Å²) in [6.07, 6.45) is 1.10. The zero-order valence-electron chi connectivity index (χ0n) is 15.5. The normalized spacial score (nSPS) is 10.2. The molecule has 0 fully saturated rings. The minimum atomic E-state index is -0.687. The van der Waals surface area contributed by atoms with Crippen LogP contribution >= 0.6 is 11.6 Å². The van der Waals surface area contributed by atoms with Gasteiger partial charge in [0, 0.05) is 21.8 Å². The summed E-state index contributed by atoms with van der Waals surface area (Å²) in [5.74, 6) is -1.02. The smallest absolute Gasteiger partial charge is 0.334 e. The lowest BCUT2D eigenvalue weighted by Gasteiger charge is -2.11. The highest BCUT2D eigenvalue weighted by Gasteiger charge is 2.24. The number of ketones is 1. The number of hydrogen-bond donors (Lipinski definition) is 3. The Labute approximate surface area is 175 Å². The van der Waals surface area contributed by atoms with E-state index < -0.39 is 16.5 Å². The van der Waals surface area contributed by atoms with Crippen molar-refractivity contribution in [1.82, 2.24) is 15.4 Å². The molecule has 1 aromatic heterocycles. The summed E-state index contributed by atoms with van der Waals surface area (Å²) in [5.41, 5.74) is 5.47. The number of anilines is 3. The number of carbonyl (C=O) groups is 2. The van der Waals surface area contributed by atoms with Crippen molar-refractivity contribution in [3.63, 3.8) is 0 Å². The van der Waals surface area contributed by atoms with Gasteiger partial charge >= 0.3 is 5.69 Å². The number of nitro groups is 1. The first-order chi connectivity index (χ1) is 14.3. The van der Waals surface area contributed by atoms with Gasteiger partial charge in [-0.2, -0.15) is 0 Å². The molecule has 1 amide bonds. The fourth-order valence-corrected chi connectivity index (χ4v) is 2.60. The summed E-state index contributed by atoms with van der Waals surface area (Å²) in [6.45, 7) is 1.41. The van der Waals surface area contributed by atoms with Crippen molar-refractivity contribution in [2.45, 2.75) is 6.92 Å². The lowest BCUT2D eigenvalue weighted by molar-refractivity contribution is -0.383. The van der Waals surface area contributed by atoms with Crippen LogP contribution in [0.15, 0.2) is 54.9 Å². The number of halogens is 1. The van der Waals surface area contributed by atoms with Crippen molar-refractivity contribution in [2.24, 2.45) is 0 Å². The fraction of sp³-hybridized carbons (Fsp3) is 0.0526. The summed E-state index contributed by atoms with van der Waals surface area (Å²) in [4.78, 5) is 42.4. The van der Waals surface area contributed by atoms with Crippen molar-refractivity contribution >= 4 is 46.3 Å². The van der Waals surface area contributed by atoms with Gasteiger partial charge in [-0.15, -0.1) is 0 Å². The van der Waals surface area contributed by atoms with Crippen LogP contribution in [0.25, 0.3) is 0 Å². The molecule has 0 saturated carbocycles. The molecule has 0 aliphatic heterocycles. The largest absolute Gasteiger partial charge is 0.355 e. The van der Waals surface area contributed by atoms with E-state index in [4.69, 9.17) is 11.6 Å². The first-order valence-electron chi connectivity index (χ1n) is 8.54. The second-order valence-electron chi connectivity index (χ2n) is 6.02. The monoisotopic (exact) mass is 426 g/mol. The second-order valence-corrected chi connectivity index (χ2v) is 6.46. The molecule has 2 aromatic carbocycles. The zero-order chi connectivity index (χ0) is 21.7. The van der Waals surface area contributed by atoms with Gasteiger partial charge in [0.1, 0.15) is 6.33 Å². The zero-order valence-corrected chi connectivity index (χ0v) is 16.3. The van der Waals surface area contributed by atoms with Gasteiger partial charge in [-0.3, -0.25) is 30.6 Å². The van der Waals surface area contributed by atoms with Gasteiger partial charge < -0.3 is 5.32 Å². The Balaban J connectivity index is 1.83. The highest BCUT2D eigenvalue weighted by atomic mass is 35.5. The molecule has 3 rings (SSSR count). The average molecular weight is 427 g/mol. The van der Waals surface area contributed by atoms with Crippen molar-refractivity contribution < 1.29 is 14.5 Å². The van der Waals surface area contributed by atoms with Gasteiger partial charge in [-0.05, 0) is 43.3 Å². The van der Waals surface area contributed by atoms with Crippen LogP contribution in [0.2, 0.25) is 5.02 Å². The third-order valence-electron chi connectivity index (χ3n) is 3.94. The molecule has 0 spiro atoms. The molecule has 30 heavy (non-hydrogen) atoms. The Hall–Kier alpha value is -4.05. The summed E-state index contributed by atoms with van der Waals surface area (Å²) < 4.78 is 0. The Morgan fingerprint density at radius 3 is 2.40 bits per heavy atom. The van der Waals surface area contributed by atoms with Crippen LogP contribution < -0.4 is 16.2 Å². The number of carbonyl (C=O) groups excluding carboxylic acids is 2. The minimum Gasteiger partial charge on any atom is -0.334 e. The average Bonchev–Trinajstić information content (AvgIpc) is 2.72. The molecule has 0 aliphatic carbocycles. The van der Waals surface area contributed by atoms with Gasteiger partial charge in [0.2, 0.25) is 11.6 Å². The first kappa shape index (κ1) is 20.7. The molecular formula is C19H15ClN6O4. The summed E-state index contributed by atoms with van der Waals surface area (Å²) in [6, 6.07) is 12.5. The van der Waals surface area contributed by atoms with Crippen LogP contribution in [0.1, 0.15) is 27.6 Å². The number of aromatic nitrogens is 2. The molecule has 0 unspecified atom stereocenters. The van der Waals surface area contributed by atoms with E-state index in [1.807, 2.05) is 0 Å².